The van der Waals surface area contributed by atoms with Crippen LogP contribution >= 0.6 is 11.6 Å². The first-order valence-corrected chi connectivity index (χ1v) is 6.02. The third kappa shape index (κ3) is 3.13. The van der Waals surface area contributed by atoms with Crippen molar-refractivity contribution in [2.75, 3.05) is 13.0 Å². The lowest BCUT2D eigenvalue weighted by atomic mass is 9.95. The molecule has 16 heavy (non-hydrogen) atoms. The summed E-state index contributed by atoms with van der Waals surface area (Å²) in [6.07, 6.45) is 1.11. The Hall–Kier alpha value is -0.730. The molecule has 1 N–H and O–H groups in total. The molecule has 90 valence electrons. The van der Waals surface area contributed by atoms with E-state index in [0.29, 0.717) is 12.3 Å². The number of aliphatic hydroxyl groups is 1. The molecule has 0 bridgehead atoms. The van der Waals surface area contributed by atoms with Crippen molar-refractivity contribution >= 4 is 11.6 Å². The number of benzene rings is 1. The molecule has 1 rings (SSSR count). The van der Waals surface area contributed by atoms with E-state index in [0.717, 1.165) is 28.9 Å². The van der Waals surface area contributed by atoms with Gasteiger partial charge >= 0.3 is 0 Å². The molecule has 0 amide bonds. The molecule has 0 aliphatic rings. The van der Waals surface area contributed by atoms with Crippen molar-refractivity contribution in [2.24, 2.45) is 0 Å². The van der Waals surface area contributed by atoms with Gasteiger partial charge in [-0.25, -0.2) is 0 Å². The largest absolute Gasteiger partial charge is 0.497 e. The molecule has 0 aliphatic carbocycles. The molecule has 1 atom stereocenters. The molecule has 1 unspecified atom stereocenters. The maximum absolute atomic E-state index is 10.1. The fourth-order valence-electron chi connectivity index (χ4n) is 1.99. The Morgan fingerprint density at radius 1 is 1.31 bits per heavy atom. The minimum Gasteiger partial charge on any atom is -0.497 e. The molecular weight excluding hydrogens is 224 g/mol. The van der Waals surface area contributed by atoms with E-state index in [1.54, 1.807) is 7.11 Å². The van der Waals surface area contributed by atoms with Crippen molar-refractivity contribution in [3.63, 3.8) is 0 Å². The first-order chi connectivity index (χ1) is 7.60. The van der Waals surface area contributed by atoms with Crippen LogP contribution in [0.4, 0.5) is 0 Å². The van der Waals surface area contributed by atoms with Crippen LogP contribution in [0.5, 0.6) is 5.75 Å². The van der Waals surface area contributed by atoms with Gasteiger partial charge in [-0.2, -0.15) is 0 Å². The first kappa shape index (κ1) is 13.3. The number of rotatable bonds is 5. The zero-order chi connectivity index (χ0) is 12.1. The Morgan fingerprint density at radius 3 is 2.31 bits per heavy atom. The summed E-state index contributed by atoms with van der Waals surface area (Å²) in [5.74, 6) is 1.42. The van der Waals surface area contributed by atoms with Crippen molar-refractivity contribution in [2.45, 2.75) is 32.8 Å². The van der Waals surface area contributed by atoms with Crippen molar-refractivity contribution < 1.29 is 9.84 Å². The Labute approximate surface area is 102 Å². The predicted octanol–water partition coefficient (Wildman–Crippen LogP) is 3.36. The van der Waals surface area contributed by atoms with Gasteiger partial charge in [0.25, 0.3) is 0 Å². The van der Waals surface area contributed by atoms with E-state index in [-0.39, 0.29) is 0 Å². The third-order valence-electron chi connectivity index (χ3n) is 2.75. The molecule has 3 heteroatoms. The van der Waals surface area contributed by atoms with E-state index < -0.39 is 6.10 Å². The second kappa shape index (κ2) is 6.12. The molecule has 0 saturated carbocycles. The molecular formula is C13H19ClO2. The highest BCUT2D eigenvalue weighted by molar-refractivity contribution is 6.17. The van der Waals surface area contributed by atoms with Crippen LogP contribution in [0, 0.1) is 13.8 Å². The molecule has 0 fully saturated rings. The van der Waals surface area contributed by atoms with Crippen LogP contribution in [-0.2, 0) is 0 Å². The lowest BCUT2D eigenvalue weighted by Gasteiger charge is -2.17. The predicted molar refractivity (Wildman–Crippen MR) is 67.4 cm³/mol. The van der Waals surface area contributed by atoms with E-state index >= 15 is 0 Å². The van der Waals surface area contributed by atoms with Gasteiger partial charge < -0.3 is 9.84 Å². The van der Waals surface area contributed by atoms with Gasteiger partial charge in [0.2, 0.25) is 0 Å². The Kier molecular flexibility index (Phi) is 5.10. The molecule has 0 heterocycles. The Bertz CT molecular complexity index is 327. The number of hydrogen-bond donors (Lipinski definition) is 1. The van der Waals surface area contributed by atoms with Crippen LogP contribution in [-0.4, -0.2) is 18.1 Å². The van der Waals surface area contributed by atoms with E-state index in [4.69, 9.17) is 16.3 Å². The molecule has 1 aromatic rings. The average molecular weight is 243 g/mol. The van der Waals surface area contributed by atoms with Gasteiger partial charge in [0.05, 0.1) is 13.2 Å². The van der Waals surface area contributed by atoms with E-state index in [9.17, 15) is 5.11 Å². The fraction of sp³-hybridized carbons (Fsp3) is 0.538. The molecule has 0 saturated heterocycles. The number of aryl methyl sites for hydroxylation is 2. The van der Waals surface area contributed by atoms with Crippen LogP contribution in [0.3, 0.4) is 0 Å². The topological polar surface area (TPSA) is 29.5 Å². The number of methoxy groups -OCH3 is 1. The summed E-state index contributed by atoms with van der Waals surface area (Å²) < 4.78 is 5.19. The van der Waals surface area contributed by atoms with Gasteiger partial charge in [-0.15, -0.1) is 11.6 Å². The van der Waals surface area contributed by atoms with Crippen LogP contribution < -0.4 is 4.74 Å². The van der Waals surface area contributed by atoms with E-state index in [2.05, 4.69) is 0 Å². The summed E-state index contributed by atoms with van der Waals surface area (Å²) in [6, 6.07) is 3.90. The SMILES string of the molecule is COc1cc(C)c(C(O)CCCCl)c(C)c1. The third-order valence-corrected chi connectivity index (χ3v) is 3.01. The van der Waals surface area contributed by atoms with Gasteiger partial charge in [0.15, 0.2) is 0 Å². The fourth-order valence-corrected chi connectivity index (χ4v) is 2.15. The highest BCUT2D eigenvalue weighted by Gasteiger charge is 2.14. The normalized spacial score (nSPS) is 12.6. The van der Waals surface area contributed by atoms with Crippen molar-refractivity contribution in [1.82, 2.24) is 0 Å². The quantitative estimate of drug-likeness (QED) is 0.803. The molecule has 0 aliphatic heterocycles. The summed E-state index contributed by atoms with van der Waals surface area (Å²) in [5, 5.41) is 10.1. The molecule has 0 radical (unpaired) electrons. The van der Waals surface area contributed by atoms with Crippen molar-refractivity contribution in [3.8, 4) is 5.75 Å². The maximum Gasteiger partial charge on any atom is 0.119 e. The lowest BCUT2D eigenvalue weighted by Crippen LogP contribution is -2.04. The van der Waals surface area contributed by atoms with Crippen molar-refractivity contribution in [1.29, 1.82) is 0 Å². The molecule has 1 aromatic carbocycles. The molecule has 0 aromatic heterocycles. The van der Waals surface area contributed by atoms with Gasteiger partial charge in [-0.05, 0) is 55.5 Å². The highest BCUT2D eigenvalue weighted by Crippen LogP contribution is 2.29. The summed E-state index contributed by atoms with van der Waals surface area (Å²) in [5.41, 5.74) is 3.14. The second-order valence-electron chi connectivity index (χ2n) is 4.02. The molecule has 2 nitrogen and oxygen atoms in total. The average Bonchev–Trinajstić information content (AvgIpc) is 2.25. The number of hydrogen-bond acceptors (Lipinski definition) is 2. The number of alkyl halides is 1. The number of ether oxygens (including phenoxy) is 1. The Balaban J connectivity index is 2.95. The maximum atomic E-state index is 10.1. The first-order valence-electron chi connectivity index (χ1n) is 5.49. The second-order valence-corrected chi connectivity index (χ2v) is 4.40. The van der Waals surface area contributed by atoms with Gasteiger partial charge in [-0.3, -0.25) is 0 Å². The summed E-state index contributed by atoms with van der Waals surface area (Å²) >= 11 is 5.63. The zero-order valence-corrected chi connectivity index (χ0v) is 10.8. The van der Waals surface area contributed by atoms with E-state index in [1.165, 1.54) is 0 Å². The zero-order valence-electron chi connectivity index (χ0n) is 10.1. The number of aliphatic hydroxyl groups excluding tert-OH is 1. The lowest BCUT2D eigenvalue weighted by molar-refractivity contribution is 0.165. The highest BCUT2D eigenvalue weighted by atomic mass is 35.5. The number of halogens is 1. The van der Waals surface area contributed by atoms with Crippen LogP contribution in [0.25, 0.3) is 0 Å². The van der Waals surface area contributed by atoms with E-state index in [1.807, 2.05) is 26.0 Å². The van der Waals surface area contributed by atoms with Gasteiger partial charge in [0, 0.05) is 5.88 Å². The minimum atomic E-state index is -0.426. The smallest absolute Gasteiger partial charge is 0.119 e. The summed E-state index contributed by atoms with van der Waals surface area (Å²) in [6.45, 7) is 3.99. The van der Waals surface area contributed by atoms with Gasteiger partial charge in [0.1, 0.15) is 5.75 Å². The standard InChI is InChI=1S/C13H19ClO2/c1-9-7-11(16-3)8-10(2)13(9)12(15)5-4-6-14/h7-8,12,15H,4-6H2,1-3H3. The van der Waals surface area contributed by atoms with Crippen molar-refractivity contribution in [3.05, 3.63) is 28.8 Å². The summed E-state index contributed by atoms with van der Waals surface area (Å²) in [4.78, 5) is 0. The van der Waals surface area contributed by atoms with Crippen LogP contribution in [0.1, 0.15) is 35.6 Å². The Morgan fingerprint density at radius 2 is 1.88 bits per heavy atom. The monoisotopic (exact) mass is 242 g/mol. The minimum absolute atomic E-state index is 0.426. The summed E-state index contributed by atoms with van der Waals surface area (Å²) in [7, 11) is 1.65. The van der Waals surface area contributed by atoms with Crippen LogP contribution in [0.15, 0.2) is 12.1 Å². The molecule has 0 spiro atoms. The van der Waals surface area contributed by atoms with Gasteiger partial charge in [-0.1, -0.05) is 0 Å². The van der Waals surface area contributed by atoms with Crippen LogP contribution in [0.2, 0.25) is 0 Å².